The van der Waals surface area contributed by atoms with Gasteiger partial charge >= 0.3 is 0 Å². The van der Waals surface area contributed by atoms with Gasteiger partial charge in [-0.25, -0.2) is 0 Å². The molecule has 2 nitrogen and oxygen atoms in total. The third kappa shape index (κ3) is 2.96. The molecule has 0 aromatic rings. The summed E-state index contributed by atoms with van der Waals surface area (Å²) >= 11 is 10.8. The zero-order chi connectivity index (χ0) is 10.5. The molecule has 0 saturated heterocycles. The van der Waals surface area contributed by atoms with Crippen molar-refractivity contribution < 1.29 is 9.59 Å². The molecule has 0 amide bonds. The molecule has 0 rings (SSSR count). The van der Waals surface area contributed by atoms with E-state index < -0.39 is 15.9 Å². The summed E-state index contributed by atoms with van der Waals surface area (Å²) < 4.78 is 0. The first-order valence-corrected chi connectivity index (χ1v) is 5.16. The monoisotopic (exact) mass is 224 g/mol. The first-order valence-electron chi connectivity index (χ1n) is 4.41. The summed E-state index contributed by atoms with van der Waals surface area (Å²) in [7, 11) is 0. The highest BCUT2D eigenvalue weighted by Gasteiger charge is 2.41. The fourth-order valence-electron chi connectivity index (χ4n) is 1.45. The lowest BCUT2D eigenvalue weighted by Crippen LogP contribution is -2.33. The summed E-state index contributed by atoms with van der Waals surface area (Å²) in [5.41, 5.74) is -1.15. The largest absolute Gasteiger partial charge is 0.280 e. The van der Waals surface area contributed by atoms with E-state index in [4.69, 9.17) is 23.2 Å². The van der Waals surface area contributed by atoms with Crippen LogP contribution in [0.4, 0.5) is 0 Å². The van der Waals surface area contributed by atoms with Gasteiger partial charge < -0.3 is 0 Å². The van der Waals surface area contributed by atoms with Gasteiger partial charge in [0, 0.05) is 0 Å². The Kier molecular flexibility index (Phi) is 5.57. The van der Waals surface area contributed by atoms with E-state index in [-0.39, 0.29) is 0 Å². The average Bonchev–Trinajstić information content (AvgIpc) is 2.03. The average molecular weight is 225 g/mol. The number of carbonyl (C=O) groups excluding carboxylic acids is 2. The smallest absolute Gasteiger partial charge is 0.236 e. The molecule has 0 radical (unpaired) electrons. The molecule has 76 valence electrons. The van der Waals surface area contributed by atoms with E-state index in [0.717, 1.165) is 12.8 Å². The molecule has 4 heteroatoms. The molecular weight excluding hydrogens is 211 g/mol. The molecule has 0 aromatic carbocycles. The fourth-order valence-corrected chi connectivity index (χ4v) is 2.05. The molecule has 0 aliphatic rings. The summed E-state index contributed by atoms with van der Waals surface area (Å²) in [5.74, 6) is 0. The number of hydrogen-bond donors (Lipinski definition) is 0. The van der Waals surface area contributed by atoms with Crippen LogP contribution in [0.1, 0.15) is 39.5 Å². The predicted octanol–water partition coefficient (Wildman–Crippen LogP) is 3.10. The Hall–Kier alpha value is -0.0800. The van der Waals surface area contributed by atoms with Crippen LogP contribution in [-0.4, -0.2) is 10.5 Å². The van der Waals surface area contributed by atoms with Crippen LogP contribution in [0.25, 0.3) is 0 Å². The minimum absolute atomic E-state index is 0.436. The van der Waals surface area contributed by atoms with Crippen LogP contribution in [0.15, 0.2) is 0 Å². The quantitative estimate of drug-likeness (QED) is 0.514. The Morgan fingerprint density at radius 1 is 1.00 bits per heavy atom. The van der Waals surface area contributed by atoms with Gasteiger partial charge in [0.15, 0.2) is 0 Å². The maximum Gasteiger partial charge on any atom is 0.236 e. The SMILES string of the molecule is CCCC(CCC)(C(=O)Cl)C(=O)Cl. The van der Waals surface area contributed by atoms with Crippen LogP contribution < -0.4 is 0 Å². The van der Waals surface area contributed by atoms with E-state index in [2.05, 4.69) is 0 Å². The Balaban J connectivity index is 4.80. The zero-order valence-corrected chi connectivity index (χ0v) is 9.41. The minimum Gasteiger partial charge on any atom is -0.280 e. The van der Waals surface area contributed by atoms with Crippen molar-refractivity contribution >= 4 is 33.7 Å². The third-order valence-corrected chi connectivity index (χ3v) is 2.83. The Morgan fingerprint density at radius 2 is 1.31 bits per heavy atom. The van der Waals surface area contributed by atoms with Gasteiger partial charge in [0.25, 0.3) is 0 Å². The van der Waals surface area contributed by atoms with Gasteiger partial charge in [-0.1, -0.05) is 26.7 Å². The molecule has 0 saturated carbocycles. The Labute approximate surface area is 88.6 Å². The van der Waals surface area contributed by atoms with Crippen LogP contribution in [0.2, 0.25) is 0 Å². The van der Waals surface area contributed by atoms with Crippen LogP contribution >= 0.6 is 23.2 Å². The van der Waals surface area contributed by atoms with Crippen LogP contribution in [0, 0.1) is 5.41 Å². The summed E-state index contributed by atoms with van der Waals surface area (Å²) in [4.78, 5) is 22.3. The molecule has 0 aromatic heterocycles. The van der Waals surface area contributed by atoms with Crippen molar-refractivity contribution in [1.82, 2.24) is 0 Å². The van der Waals surface area contributed by atoms with Crippen LogP contribution in [0.3, 0.4) is 0 Å². The lowest BCUT2D eigenvalue weighted by molar-refractivity contribution is -0.132. The van der Waals surface area contributed by atoms with E-state index in [1.54, 1.807) is 0 Å². The number of hydrogen-bond acceptors (Lipinski definition) is 2. The molecule has 0 spiro atoms. The summed E-state index contributed by atoms with van der Waals surface area (Å²) in [6.45, 7) is 3.79. The summed E-state index contributed by atoms with van der Waals surface area (Å²) in [6, 6.07) is 0. The van der Waals surface area contributed by atoms with Crippen molar-refractivity contribution in [3.05, 3.63) is 0 Å². The molecular formula is C9H14Cl2O2. The standard InChI is InChI=1S/C9H14Cl2O2/c1-3-5-9(6-4-2,7(10)12)8(11)13/h3-6H2,1-2H3. The highest BCUT2D eigenvalue weighted by molar-refractivity contribution is 6.74. The van der Waals surface area contributed by atoms with E-state index in [1.165, 1.54) is 0 Å². The fraction of sp³-hybridized carbons (Fsp3) is 0.778. The zero-order valence-electron chi connectivity index (χ0n) is 7.90. The van der Waals surface area contributed by atoms with Crippen molar-refractivity contribution in [2.75, 3.05) is 0 Å². The van der Waals surface area contributed by atoms with Gasteiger partial charge in [0.1, 0.15) is 5.41 Å². The number of carbonyl (C=O) groups is 2. The van der Waals surface area contributed by atoms with Gasteiger partial charge in [-0.15, -0.1) is 0 Å². The maximum absolute atomic E-state index is 11.1. The highest BCUT2D eigenvalue weighted by Crippen LogP contribution is 2.35. The van der Waals surface area contributed by atoms with Crippen LogP contribution in [0.5, 0.6) is 0 Å². The predicted molar refractivity (Wildman–Crippen MR) is 54.0 cm³/mol. The normalized spacial score (nSPS) is 11.4. The van der Waals surface area contributed by atoms with Gasteiger partial charge in [0.05, 0.1) is 0 Å². The molecule has 0 fully saturated rings. The first-order chi connectivity index (χ1) is 6.01. The van der Waals surface area contributed by atoms with E-state index in [9.17, 15) is 9.59 Å². The van der Waals surface area contributed by atoms with Crippen LogP contribution in [-0.2, 0) is 9.59 Å². The van der Waals surface area contributed by atoms with Crippen molar-refractivity contribution in [3.8, 4) is 0 Å². The minimum atomic E-state index is -1.15. The lowest BCUT2D eigenvalue weighted by atomic mass is 9.82. The van der Waals surface area contributed by atoms with Gasteiger partial charge in [0.2, 0.25) is 10.5 Å². The van der Waals surface area contributed by atoms with Gasteiger partial charge in [-0.2, -0.15) is 0 Å². The number of rotatable bonds is 6. The first kappa shape index (κ1) is 12.9. The van der Waals surface area contributed by atoms with E-state index in [0.29, 0.717) is 12.8 Å². The molecule has 0 unspecified atom stereocenters. The second-order valence-corrected chi connectivity index (χ2v) is 3.82. The molecule has 0 heterocycles. The molecule has 0 atom stereocenters. The maximum atomic E-state index is 11.1. The summed E-state index contributed by atoms with van der Waals surface area (Å²) in [6.07, 6.45) is 2.31. The summed E-state index contributed by atoms with van der Waals surface area (Å²) in [5, 5.41) is -1.26. The highest BCUT2D eigenvalue weighted by atomic mass is 35.5. The molecule has 0 aliphatic carbocycles. The molecule has 13 heavy (non-hydrogen) atoms. The van der Waals surface area contributed by atoms with Gasteiger partial charge in [-0.05, 0) is 36.0 Å². The van der Waals surface area contributed by atoms with Gasteiger partial charge in [-0.3, -0.25) is 9.59 Å². The van der Waals surface area contributed by atoms with Crippen molar-refractivity contribution in [2.45, 2.75) is 39.5 Å². The van der Waals surface area contributed by atoms with E-state index >= 15 is 0 Å². The van der Waals surface area contributed by atoms with Crippen molar-refractivity contribution in [3.63, 3.8) is 0 Å². The third-order valence-electron chi connectivity index (χ3n) is 2.11. The Morgan fingerprint density at radius 3 is 1.46 bits per heavy atom. The Bertz CT molecular complexity index is 180. The second-order valence-electron chi connectivity index (χ2n) is 3.13. The molecule has 0 N–H and O–H groups in total. The van der Waals surface area contributed by atoms with Crippen molar-refractivity contribution in [2.24, 2.45) is 5.41 Å². The van der Waals surface area contributed by atoms with Crippen molar-refractivity contribution in [1.29, 1.82) is 0 Å². The number of halogens is 2. The lowest BCUT2D eigenvalue weighted by Gasteiger charge is -2.24. The molecule has 0 aliphatic heterocycles. The molecule has 0 bridgehead atoms. The second kappa shape index (κ2) is 5.61. The van der Waals surface area contributed by atoms with E-state index in [1.807, 2.05) is 13.8 Å². The topological polar surface area (TPSA) is 34.1 Å².